The normalized spacial score (nSPS) is 17.5. The minimum atomic E-state index is -3.73. The van der Waals surface area contributed by atoms with Crippen LogP contribution in [-0.2, 0) is 30.1 Å². The number of carbonyl (C=O) groups is 1. The topological polar surface area (TPSA) is 101 Å². The molecule has 1 atom stereocenters. The molecule has 0 spiro atoms. The minimum Gasteiger partial charge on any atom is -0.341 e. The summed E-state index contributed by atoms with van der Waals surface area (Å²) in [7, 11) is -7.23. The Bertz CT molecular complexity index is 1150. The fourth-order valence-electron chi connectivity index (χ4n) is 3.68. The maximum absolute atomic E-state index is 12.8. The van der Waals surface area contributed by atoms with Crippen molar-refractivity contribution in [2.24, 2.45) is 0 Å². The van der Waals surface area contributed by atoms with Gasteiger partial charge in [0.2, 0.25) is 15.9 Å². The van der Waals surface area contributed by atoms with Gasteiger partial charge in [-0.3, -0.25) is 4.79 Å². The van der Waals surface area contributed by atoms with E-state index in [9.17, 15) is 21.6 Å². The summed E-state index contributed by atoms with van der Waals surface area (Å²) in [5, 5.41) is -0.646. The number of nitrogens with zero attached hydrogens (tertiary/aromatic N) is 1. The number of hydrogen-bond donors (Lipinski definition) is 1. The second-order valence-electron chi connectivity index (χ2n) is 9.03. The molecule has 174 valence electrons. The van der Waals surface area contributed by atoms with E-state index in [1.807, 2.05) is 20.8 Å². The summed E-state index contributed by atoms with van der Waals surface area (Å²) in [6, 6.07) is 14.9. The lowest BCUT2D eigenvalue weighted by atomic mass is 9.87. The van der Waals surface area contributed by atoms with Crippen molar-refractivity contribution in [1.82, 2.24) is 9.62 Å². The highest BCUT2D eigenvalue weighted by Crippen LogP contribution is 2.25. The summed E-state index contributed by atoms with van der Waals surface area (Å²) in [6.07, 6.45) is 0.340. The molecular weight excluding hydrogens is 448 g/mol. The van der Waals surface area contributed by atoms with E-state index in [-0.39, 0.29) is 40.6 Å². The van der Waals surface area contributed by atoms with Gasteiger partial charge in [-0.05, 0) is 41.7 Å². The lowest BCUT2D eigenvalue weighted by Crippen LogP contribution is -2.34. The fourth-order valence-corrected chi connectivity index (χ4v) is 6.42. The summed E-state index contributed by atoms with van der Waals surface area (Å²) in [6.45, 7) is 6.57. The maximum atomic E-state index is 12.8. The smallest absolute Gasteiger partial charge is 0.240 e. The Hall–Kier alpha value is -2.23. The van der Waals surface area contributed by atoms with Gasteiger partial charge in [0, 0.05) is 26.1 Å². The van der Waals surface area contributed by atoms with Crippen LogP contribution in [-0.4, -0.2) is 52.5 Å². The molecule has 9 heteroatoms. The Kier molecular flexibility index (Phi) is 7.12. The first-order valence-electron chi connectivity index (χ1n) is 10.6. The van der Waals surface area contributed by atoms with E-state index in [1.165, 1.54) is 4.90 Å². The van der Waals surface area contributed by atoms with Gasteiger partial charge in [0.25, 0.3) is 0 Å². The first-order valence-corrected chi connectivity index (χ1v) is 13.6. The molecule has 3 rings (SSSR count). The highest BCUT2D eigenvalue weighted by molar-refractivity contribution is 7.92. The molecular formula is C23H30N2O5S2. The van der Waals surface area contributed by atoms with E-state index in [2.05, 4.69) is 4.72 Å². The number of sulfone groups is 1. The third kappa shape index (κ3) is 5.57. The Morgan fingerprint density at radius 3 is 2.19 bits per heavy atom. The average Bonchev–Trinajstić information content (AvgIpc) is 3.25. The molecule has 0 radical (unpaired) electrons. The molecule has 1 aliphatic rings. The second-order valence-corrected chi connectivity index (χ2v) is 13.0. The van der Waals surface area contributed by atoms with Gasteiger partial charge < -0.3 is 4.90 Å². The van der Waals surface area contributed by atoms with Gasteiger partial charge in [-0.15, -0.1) is 0 Å². The van der Waals surface area contributed by atoms with E-state index < -0.39 is 25.1 Å². The van der Waals surface area contributed by atoms with E-state index in [1.54, 1.807) is 54.6 Å². The van der Waals surface area contributed by atoms with Crippen LogP contribution in [0.3, 0.4) is 0 Å². The number of nitrogens with one attached hydrogen (secondary N) is 1. The molecule has 7 nitrogen and oxygen atoms in total. The summed E-state index contributed by atoms with van der Waals surface area (Å²) in [5.41, 5.74) is 0.949. The molecule has 1 saturated heterocycles. The van der Waals surface area contributed by atoms with Gasteiger partial charge in [-0.25, -0.2) is 21.6 Å². The molecule has 1 N–H and O–H groups in total. The first kappa shape index (κ1) is 24.4. The second kappa shape index (κ2) is 9.33. The summed E-state index contributed by atoms with van der Waals surface area (Å²) in [5.74, 6) is -0.262. The van der Waals surface area contributed by atoms with Gasteiger partial charge >= 0.3 is 0 Å². The van der Waals surface area contributed by atoms with Crippen LogP contribution < -0.4 is 4.72 Å². The molecule has 2 aromatic rings. The van der Waals surface area contributed by atoms with Crippen LogP contribution in [0.25, 0.3) is 0 Å². The van der Waals surface area contributed by atoms with Gasteiger partial charge in [-0.2, -0.15) is 0 Å². The van der Waals surface area contributed by atoms with Crippen LogP contribution in [0.5, 0.6) is 0 Å². The molecule has 1 heterocycles. The lowest BCUT2D eigenvalue weighted by molar-refractivity contribution is -0.129. The third-order valence-corrected chi connectivity index (χ3v) is 9.34. The van der Waals surface area contributed by atoms with Crippen molar-refractivity contribution < 1.29 is 21.6 Å². The predicted molar refractivity (Wildman–Crippen MR) is 124 cm³/mol. The molecule has 1 fully saturated rings. The summed E-state index contributed by atoms with van der Waals surface area (Å²) < 4.78 is 53.0. The molecule has 2 aromatic carbocycles. The fraction of sp³-hybridized carbons (Fsp3) is 0.435. The molecule has 32 heavy (non-hydrogen) atoms. The average molecular weight is 479 g/mol. The molecule has 1 amide bonds. The zero-order valence-corrected chi connectivity index (χ0v) is 20.2. The van der Waals surface area contributed by atoms with Crippen LogP contribution in [0.1, 0.15) is 39.2 Å². The van der Waals surface area contributed by atoms with Crippen LogP contribution in [0.2, 0.25) is 0 Å². The zero-order chi connectivity index (χ0) is 23.6. The SMILES string of the molecule is CC(C)(C)c1ccc(S(=O)(=O)NCCC(=O)N2CCC(S(=O)(=O)c3ccccc3)C2)cc1. The maximum Gasteiger partial charge on any atom is 0.240 e. The summed E-state index contributed by atoms with van der Waals surface area (Å²) in [4.78, 5) is 14.4. The quantitative estimate of drug-likeness (QED) is 0.660. The Morgan fingerprint density at radius 1 is 0.969 bits per heavy atom. The van der Waals surface area contributed by atoms with Crippen LogP contribution in [0, 0.1) is 0 Å². The number of sulfonamides is 1. The number of benzene rings is 2. The molecule has 0 aliphatic carbocycles. The van der Waals surface area contributed by atoms with Gasteiger partial charge in [0.15, 0.2) is 9.84 Å². The highest BCUT2D eigenvalue weighted by Gasteiger charge is 2.35. The molecule has 1 aliphatic heterocycles. The van der Waals surface area contributed by atoms with Crippen molar-refractivity contribution in [2.75, 3.05) is 19.6 Å². The number of rotatable bonds is 7. The zero-order valence-electron chi connectivity index (χ0n) is 18.6. The molecule has 1 unspecified atom stereocenters. The number of likely N-dealkylation sites (tertiary alicyclic amines) is 1. The van der Waals surface area contributed by atoms with Crippen LogP contribution >= 0.6 is 0 Å². The van der Waals surface area contributed by atoms with Gasteiger partial charge in [0.1, 0.15) is 0 Å². The van der Waals surface area contributed by atoms with Crippen LogP contribution in [0.4, 0.5) is 0 Å². The van der Waals surface area contributed by atoms with E-state index >= 15 is 0 Å². The number of carbonyl (C=O) groups excluding carboxylic acids is 1. The van der Waals surface area contributed by atoms with Gasteiger partial charge in [-0.1, -0.05) is 51.1 Å². The Morgan fingerprint density at radius 2 is 1.59 bits per heavy atom. The highest BCUT2D eigenvalue weighted by atomic mass is 32.2. The van der Waals surface area contributed by atoms with E-state index in [0.29, 0.717) is 13.0 Å². The number of amides is 1. The van der Waals surface area contributed by atoms with Crippen molar-refractivity contribution in [3.63, 3.8) is 0 Å². The number of hydrogen-bond acceptors (Lipinski definition) is 5. The first-order chi connectivity index (χ1) is 14.9. The van der Waals surface area contributed by atoms with Crippen LogP contribution in [0.15, 0.2) is 64.4 Å². The monoisotopic (exact) mass is 478 g/mol. The lowest BCUT2D eigenvalue weighted by Gasteiger charge is -2.19. The van der Waals surface area contributed by atoms with Crippen molar-refractivity contribution in [3.8, 4) is 0 Å². The van der Waals surface area contributed by atoms with Crippen molar-refractivity contribution in [2.45, 2.75) is 54.1 Å². The van der Waals surface area contributed by atoms with E-state index in [0.717, 1.165) is 5.56 Å². The van der Waals surface area contributed by atoms with Gasteiger partial charge in [0.05, 0.1) is 15.0 Å². The minimum absolute atomic E-state index is 0.0303. The van der Waals surface area contributed by atoms with Crippen molar-refractivity contribution >= 4 is 25.8 Å². The van der Waals surface area contributed by atoms with Crippen molar-refractivity contribution in [3.05, 3.63) is 60.2 Å². The standard InChI is InChI=1S/C23H30N2O5S2/c1-23(2,3)18-9-11-20(12-10-18)32(29,30)24-15-13-22(26)25-16-14-21(17-25)31(27,28)19-7-5-4-6-8-19/h4-12,21,24H,13-17H2,1-3H3. The molecule has 0 saturated carbocycles. The van der Waals surface area contributed by atoms with E-state index in [4.69, 9.17) is 0 Å². The Labute approximate surface area is 190 Å². The van der Waals surface area contributed by atoms with Crippen molar-refractivity contribution in [1.29, 1.82) is 0 Å². The third-order valence-electron chi connectivity index (χ3n) is 5.67. The molecule has 0 aromatic heterocycles. The Balaban J connectivity index is 1.54. The molecule has 0 bridgehead atoms. The largest absolute Gasteiger partial charge is 0.341 e. The summed E-state index contributed by atoms with van der Waals surface area (Å²) >= 11 is 0. The predicted octanol–water partition coefficient (Wildman–Crippen LogP) is 2.73.